The highest BCUT2D eigenvalue weighted by molar-refractivity contribution is 5.89. The normalized spacial score (nSPS) is 15.3. The number of carbonyl (C=O) groups is 1. The van der Waals surface area contributed by atoms with Crippen LogP contribution in [-0.4, -0.2) is 40.1 Å². The van der Waals surface area contributed by atoms with E-state index in [1.807, 2.05) is 36.4 Å². The number of benzene rings is 1. The van der Waals surface area contributed by atoms with Crippen molar-refractivity contribution in [2.75, 3.05) is 23.3 Å². The Bertz CT molecular complexity index is 854. The molecule has 0 bridgehead atoms. The van der Waals surface area contributed by atoms with Crippen molar-refractivity contribution >= 4 is 28.6 Å². The molecule has 25 heavy (non-hydrogen) atoms. The standard InChI is InChI=1S/C18H20N6O/c25-18(22-13-4-2-1-3-5-13)23-14-7-10-24(11-8-14)17-16-15(6-9-19-17)20-12-21-16/h1-6,9,12,14H,7-8,10-11H2,(H,20,21)(H2,22,23,25). The van der Waals surface area contributed by atoms with Crippen LogP contribution in [-0.2, 0) is 0 Å². The number of carbonyl (C=O) groups excluding carboxylic acids is 1. The monoisotopic (exact) mass is 336 g/mol. The van der Waals surface area contributed by atoms with Crippen molar-refractivity contribution in [2.45, 2.75) is 18.9 Å². The predicted molar refractivity (Wildman–Crippen MR) is 97.7 cm³/mol. The molecule has 0 atom stereocenters. The van der Waals surface area contributed by atoms with Gasteiger partial charge in [-0.1, -0.05) is 18.2 Å². The lowest BCUT2D eigenvalue weighted by Crippen LogP contribution is -2.46. The van der Waals surface area contributed by atoms with E-state index < -0.39 is 0 Å². The van der Waals surface area contributed by atoms with E-state index in [9.17, 15) is 4.79 Å². The first-order valence-corrected chi connectivity index (χ1v) is 8.45. The number of nitrogens with one attached hydrogen (secondary N) is 3. The van der Waals surface area contributed by atoms with Gasteiger partial charge in [-0.2, -0.15) is 0 Å². The van der Waals surface area contributed by atoms with Gasteiger partial charge in [0.2, 0.25) is 0 Å². The van der Waals surface area contributed by atoms with Crippen molar-refractivity contribution in [1.29, 1.82) is 0 Å². The number of fused-ring (bicyclic) bond motifs is 1. The van der Waals surface area contributed by atoms with Crippen molar-refractivity contribution in [3.05, 3.63) is 48.9 Å². The average Bonchev–Trinajstić information content (AvgIpc) is 3.12. The zero-order valence-electron chi connectivity index (χ0n) is 13.8. The first-order valence-electron chi connectivity index (χ1n) is 8.45. The summed E-state index contributed by atoms with van der Waals surface area (Å²) in [5, 5.41) is 5.92. The second-order valence-corrected chi connectivity index (χ2v) is 6.16. The first-order chi connectivity index (χ1) is 12.3. The lowest BCUT2D eigenvalue weighted by molar-refractivity contribution is 0.246. The summed E-state index contributed by atoms with van der Waals surface area (Å²) in [5.74, 6) is 0.908. The van der Waals surface area contributed by atoms with Crippen molar-refractivity contribution < 1.29 is 4.79 Å². The third-order valence-corrected chi connectivity index (χ3v) is 4.48. The van der Waals surface area contributed by atoms with Gasteiger partial charge in [-0.3, -0.25) is 0 Å². The van der Waals surface area contributed by atoms with Crippen LogP contribution >= 0.6 is 0 Å². The van der Waals surface area contributed by atoms with Gasteiger partial charge in [0.1, 0.15) is 5.52 Å². The molecule has 0 radical (unpaired) electrons. The number of pyridine rings is 1. The number of imidazole rings is 1. The van der Waals surface area contributed by atoms with Gasteiger partial charge in [-0.05, 0) is 31.0 Å². The SMILES string of the molecule is O=C(Nc1ccccc1)NC1CCN(c2nccc3[nH]cnc23)CC1. The summed E-state index contributed by atoms with van der Waals surface area (Å²) in [6.45, 7) is 1.69. The Balaban J connectivity index is 1.34. The molecular weight excluding hydrogens is 316 g/mol. The molecule has 0 aliphatic carbocycles. The highest BCUT2D eigenvalue weighted by Crippen LogP contribution is 2.24. The number of amides is 2. The Morgan fingerprint density at radius 3 is 2.72 bits per heavy atom. The van der Waals surface area contributed by atoms with Gasteiger partial charge in [-0.15, -0.1) is 0 Å². The number of H-pyrrole nitrogens is 1. The number of aromatic nitrogens is 3. The number of nitrogens with zero attached hydrogens (tertiary/aromatic N) is 3. The summed E-state index contributed by atoms with van der Waals surface area (Å²) < 4.78 is 0. The molecule has 2 amide bonds. The van der Waals surface area contributed by atoms with Gasteiger partial charge in [0, 0.05) is 31.0 Å². The van der Waals surface area contributed by atoms with Crippen LogP contribution in [0.1, 0.15) is 12.8 Å². The molecule has 3 aromatic rings. The molecule has 3 N–H and O–H groups in total. The summed E-state index contributed by atoms with van der Waals surface area (Å²) in [4.78, 5) is 26.3. The molecule has 0 unspecified atom stereocenters. The molecular formula is C18H20N6O. The third kappa shape index (κ3) is 3.40. The Labute approximate surface area is 145 Å². The molecule has 1 aliphatic heterocycles. The molecule has 128 valence electrons. The molecule has 7 heteroatoms. The number of hydrogen-bond donors (Lipinski definition) is 3. The van der Waals surface area contributed by atoms with E-state index in [2.05, 4.69) is 30.5 Å². The van der Waals surface area contributed by atoms with Crippen LogP contribution in [0.4, 0.5) is 16.3 Å². The van der Waals surface area contributed by atoms with Crippen LogP contribution in [0.5, 0.6) is 0 Å². The topological polar surface area (TPSA) is 85.9 Å². The number of urea groups is 1. The minimum Gasteiger partial charge on any atom is -0.355 e. The highest BCUT2D eigenvalue weighted by Gasteiger charge is 2.23. The number of para-hydroxylation sites is 1. The molecule has 1 aromatic carbocycles. The Morgan fingerprint density at radius 2 is 1.92 bits per heavy atom. The molecule has 0 saturated carbocycles. The van der Waals surface area contributed by atoms with Gasteiger partial charge in [0.05, 0.1) is 11.8 Å². The average molecular weight is 336 g/mol. The minimum atomic E-state index is -0.155. The zero-order valence-corrected chi connectivity index (χ0v) is 13.8. The second kappa shape index (κ2) is 6.80. The van der Waals surface area contributed by atoms with E-state index in [0.29, 0.717) is 0 Å². The van der Waals surface area contributed by atoms with Crippen LogP contribution < -0.4 is 15.5 Å². The molecule has 2 aromatic heterocycles. The van der Waals surface area contributed by atoms with Gasteiger partial charge >= 0.3 is 6.03 Å². The number of hydrogen-bond acceptors (Lipinski definition) is 4. The molecule has 7 nitrogen and oxygen atoms in total. The fourth-order valence-electron chi connectivity index (χ4n) is 3.19. The number of anilines is 2. The maximum atomic E-state index is 12.1. The van der Waals surface area contributed by atoms with E-state index in [1.165, 1.54) is 0 Å². The van der Waals surface area contributed by atoms with Gasteiger partial charge in [0.25, 0.3) is 0 Å². The predicted octanol–water partition coefficient (Wildman–Crippen LogP) is 2.75. The van der Waals surface area contributed by atoms with Crippen molar-refractivity contribution in [3.63, 3.8) is 0 Å². The van der Waals surface area contributed by atoms with Gasteiger partial charge in [-0.25, -0.2) is 14.8 Å². The van der Waals surface area contributed by atoms with Crippen LogP contribution in [0.25, 0.3) is 11.0 Å². The summed E-state index contributed by atoms with van der Waals surface area (Å²) >= 11 is 0. The fourth-order valence-corrected chi connectivity index (χ4v) is 3.19. The van der Waals surface area contributed by atoms with E-state index in [1.54, 1.807) is 12.5 Å². The molecule has 1 saturated heterocycles. The zero-order chi connectivity index (χ0) is 17.1. The van der Waals surface area contributed by atoms with Crippen LogP contribution in [0.2, 0.25) is 0 Å². The second-order valence-electron chi connectivity index (χ2n) is 6.16. The smallest absolute Gasteiger partial charge is 0.319 e. The Morgan fingerprint density at radius 1 is 1.12 bits per heavy atom. The van der Waals surface area contributed by atoms with E-state index >= 15 is 0 Å². The lowest BCUT2D eigenvalue weighted by Gasteiger charge is -2.33. The van der Waals surface area contributed by atoms with Crippen LogP contribution in [0.15, 0.2) is 48.9 Å². The lowest BCUT2D eigenvalue weighted by atomic mass is 10.1. The summed E-state index contributed by atoms with van der Waals surface area (Å²) in [6, 6.07) is 11.4. The van der Waals surface area contributed by atoms with Crippen LogP contribution in [0.3, 0.4) is 0 Å². The largest absolute Gasteiger partial charge is 0.355 e. The molecule has 3 heterocycles. The Hall–Kier alpha value is -3.09. The van der Waals surface area contributed by atoms with E-state index in [4.69, 9.17) is 0 Å². The fraction of sp³-hybridized carbons (Fsp3) is 0.278. The summed E-state index contributed by atoms with van der Waals surface area (Å²) in [6.07, 6.45) is 5.25. The van der Waals surface area contributed by atoms with E-state index in [-0.39, 0.29) is 12.1 Å². The number of rotatable bonds is 3. The van der Waals surface area contributed by atoms with E-state index in [0.717, 1.165) is 48.5 Å². The van der Waals surface area contributed by atoms with Crippen molar-refractivity contribution in [2.24, 2.45) is 0 Å². The van der Waals surface area contributed by atoms with Gasteiger partial charge in [0.15, 0.2) is 5.82 Å². The molecule has 4 rings (SSSR count). The molecule has 1 fully saturated rings. The van der Waals surface area contributed by atoms with Gasteiger partial charge < -0.3 is 20.5 Å². The maximum Gasteiger partial charge on any atom is 0.319 e. The summed E-state index contributed by atoms with van der Waals surface area (Å²) in [7, 11) is 0. The third-order valence-electron chi connectivity index (χ3n) is 4.48. The molecule has 1 aliphatic rings. The molecule has 0 spiro atoms. The quantitative estimate of drug-likeness (QED) is 0.686. The van der Waals surface area contributed by atoms with Crippen molar-refractivity contribution in [3.8, 4) is 0 Å². The maximum absolute atomic E-state index is 12.1. The number of aromatic amines is 1. The first kappa shape index (κ1) is 15.4. The minimum absolute atomic E-state index is 0.155. The summed E-state index contributed by atoms with van der Waals surface area (Å²) in [5.41, 5.74) is 2.69. The number of piperidine rings is 1. The van der Waals surface area contributed by atoms with Crippen molar-refractivity contribution in [1.82, 2.24) is 20.3 Å². The van der Waals surface area contributed by atoms with Crippen LogP contribution in [0, 0.1) is 0 Å². The Kier molecular flexibility index (Phi) is 4.20. The highest BCUT2D eigenvalue weighted by atomic mass is 16.2.